The Hall–Kier alpha value is -2.92. The van der Waals surface area contributed by atoms with Crippen LogP contribution in [0.5, 0.6) is 0 Å². The van der Waals surface area contributed by atoms with Crippen molar-refractivity contribution in [1.82, 2.24) is 14.9 Å². The van der Waals surface area contributed by atoms with Crippen LogP contribution in [0.3, 0.4) is 0 Å². The highest BCUT2D eigenvalue weighted by Crippen LogP contribution is 2.12. The molecule has 0 radical (unpaired) electrons. The summed E-state index contributed by atoms with van der Waals surface area (Å²) in [6.07, 6.45) is 4.38. The van der Waals surface area contributed by atoms with Gasteiger partial charge in [-0.25, -0.2) is 4.98 Å². The molecule has 1 amide bonds. The zero-order chi connectivity index (χ0) is 19.8. The third-order valence-corrected chi connectivity index (χ3v) is 4.41. The quantitative estimate of drug-likeness (QED) is 0.588. The Labute approximate surface area is 166 Å². The van der Waals surface area contributed by atoms with Crippen LogP contribution in [-0.2, 0) is 24.4 Å². The van der Waals surface area contributed by atoms with E-state index >= 15 is 0 Å². The van der Waals surface area contributed by atoms with E-state index in [4.69, 9.17) is 0 Å². The molecule has 0 aliphatic heterocycles. The second kappa shape index (κ2) is 9.85. The Bertz CT molecular complexity index is 886. The number of aromatic nitrogens is 2. The molecular formula is C23H28N4O. The Morgan fingerprint density at radius 2 is 1.82 bits per heavy atom. The van der Waals surface area contributed by atoms with Crippen molar-refractivity contribution in [2.24, 2.45) is 5.92 Å². The van der Waals surface area contributed by atoms with Crippen molar-refractivity contribution < 1.29 is 4.79 Å². The molecule has 0 bridgehead atoms. The summed E-state index contributed by atoms with van der Waals surface area (Å²) in [6.45, 7) is 6.30. The molecular weight excluding hydrogens is 348 g/mol. The van der Waals surface area contributed by atoms with Crippen molar-refractivity contribution in [2.45, 2.75) is 39.9 Å². The van der Waals surface area contributed by atoms with Crippen LogP contribution in [0.1, 0.15) is 37.2 Å². The highest BCUT2D eigenvalue weighted by molar-refractivity contribution is 5.90. The standard InChI is InChI=1S/C23H28N4O/c1-18(2)13-23(28)26-21-10-6-9-20(14-21)15-24-16-22-25-11-12-27(22)17-19-7-4-3-5-8-19/h3-12,14,18,24H,13,15-17H2,1-2H3,(H,26,28). The molecule has 2 aromatic carbocycles. The molecule has 0 aliphatic carbocycles. The van der Waals surface area contributed by atoms with Crippen LogP contribution >= 0.6 is 0 Å². The fourth-order valence-corrected chi connectivity index (χ4v) is 3.09. The fraction of sp³-hybridized carbons (Fsp3) is 0.304. The van der Waals surface area contributed by atoms with Gasteiger partial charge in [-0.15, -0.1) is 0 Å². The van der Waals surface area contributed by atoms with Gasteiger partial charge in [-0.05, 0) is 29.2 Å². The highest BCUT2D eigenvalue weighted by Gasteiger charge is 2.06. The molecule has 0 aliphatic rings. The first kappa shape index (κ1) is 19.8. The van der Waals surface area contributed by atoms with Crippen molar-refractivity contribution in [2.75, 3.05) is 5.32 Å². The van der Waals surface area contributed by atoms with Crippen molar-refractivity contribution >= 4 is 11.6 Å². The summed E-state index contributed by atoms with van der Waals surface area (Å²) in [5.41, 5.74) is 3.23. The predicted molar refractivity (Wildman–Crippen MR) is 113 cm³/mol. The number of carbonyl (C=O) groups excluding carboxylic acids is 1. The van der Waals surface area contributed by atoms with Gasteiger partial charge in [0, 0.05) is 37.6 Å². The lowest BCUT2D eigenvalue weighted by Crippen LogP contribution is -2.17. The second-order valence-corrected chi connectivity index (χ2v) is 7.41. The lowest BCUT2D eigenvalue weighted by Gasteiger charge is -2.11. The van der Waals surface area contributed by atoms with Crippen LogP contribution in [0.25, 0.3) is 0 Å². The van der Waals surface area contributed by atoms with E-state index in [2.05, 4.69) is 50.5 Å². The topological polar surface area (TPSA) is 59.0 Å². The average Bonchev–Trinajstić information content (AvgIpc) is 3.09. The fourth-order valence-electron chi connectivity index (χ4n) is 3.09. The molecule has 1 aromatic heterocycles. The molecule has 5 nitrogen and oxygen atoms in total. The largest absolute Gasteiger partial charge is 0.329 e. The maximum absolute atomic E-state index is 12.0. The smallest absolute Gasteiger partial charge is 0.224 e. The molecule has 0 atom stereocenters. The normalized spacial score (nSPS) is 11.0. The van der Waals surface area contributed by atoms with E-state index < -0.39 is 0 Å². The van der Waals surface area contributed by atoms with Gasteiger partial charge in [0.1, 0.15) is 5.82 Å². The molecule has 0 fully saturated rings. The zero-order valence-corrected chi connectivity index (χ0v) is 16.6. The molecule has 28 heavy (non-hydrogen) atoms. The van der Waals surface area contributed by atoms with Crippen molar-refractivity contribution in [3.8, 4) is 0 Å². The lowest BCUT2D eigenvalue weighted by molar-refractivity contribution is -0.116. The molecule has 2 N–H and O–H groups in total. The number of carbonyl (C=O) groups is 1. The number of nitrogens with one attached hydrogen (secondary N) is 2. The number of hydrogen-bond acceptors (Lipinski definition) is 3. The van der Waals surface area contributed by atoms with E-state index in [0.717, 1.165) is 23.6 Å². The summed E-state index contributed by atoms with van der Waals surface area (Å²) in [7, 11) is 0. The Kier molecular flexibility index (Phi) is 6.98. The maximum atomic E-state index is 12.0. The van der Waals surface area contributed by atoms with Crippen LogP contribution in [0, 0.1) is 5.92 Å². The minimum Gasteiger partial charge on any atom is -0.329 e. The first-order chi connectivity index (χ1) is 13.6. The number of hydrogen-bond donors (Lipinski definition) is 2. The third kappa shape index (κ3) is 6.06. The van der Waals surface area contributed by atoms with E-state index in [0.29, 0.717) is 25.4 Å². The van der Waals surface area contributed by atoms with Crippen LogP contribution in [0.2, 0.25) is 0 Å². The van der Waals surface area contributed by atoms with Crippen LogP contribution < -0.4 is 10.6 Å². The average molecular weight is 377 g/mol. The number of imidazole rings is 1. The Morgan fingerprint density at radius 3 is 2.61 bits per heavy atom. The lowest BCUT2D eigenvalue weighted by atomic mass is 10.1. The molecule has 0 unspecified atom stereocenters. The van der Waals surface area contributed by atoms with E-state index in [9.17, 15) is 4.79 Å². The van der Waals surface area contributed by atoms with Crippen LogP contribution in [0.4, 0.5) is 5.69 Å². The van der Waals surface area contributed by atoms with E-state index in [1.807, 2.05) is 50.5 Å². The van der Waals surface area contributed by atoms with E-state index in [1.165, 1.54) is 5.56 Å². The van der Waals surface area contributed by atoms with Crippen molar-refractivity contribution in [3.63, 3.8) is 0 Å². The number of amides is 1. The van der Waals surface area contributed by atoms with Crippen LogP contribution in [0.15, 0.2) is 67.0 Å². The number of anilines is 1. The van der Waals surface area contributed by atoms with E-state index in [-0.39, 0.29) is 5.91 Å². The summed E-state index contributed by atoms with van der Waals surface area (Å²) in [6, 6.07) is 18.3. The first-order valence-corrected chi connectivity index (χ1v) is 9.73. The van der Waals surface area contributed by atoms with Gasteiger partial charge in [0.05, 0.1) is 6.54 Å². The molecule has 1 heterocycles. The molecule has 5 heteroatoms. The van der Waals surface area contributed by atoms with Gasteiger partial charge >= 0.3 is 0 Å². The maximum Gasteiger partial charge on any atom is 0.224 e. The molecule has 146 valence electrons. The van der Waals surface area contributed by atoms with Crippen molar-refractivity contribution in [3.05, 3.63) is 83.9 Å². The highest BCUT2D eigenvalue weighted by atomic mass is 16.1. The van der Waals surface area contributed by atoms with Gasteiger partial charge in [0.2, 0.25) is 5.91 Å². The van der Waals surface area contributed by atoms with Gasteiger partial charge in [-0.3, -0.25) is 4.79 Å². The number of nitrogens with zero attached hydrogens (tertiary/aromatic N) is 2. The number of rotatable bonds is 9. The molecule has 0 saturated carbocycles. The van der Waals surface area contributed by atoms with Gasteiger partial charge in [0.15, 0.2) is 0 Å². The molecule has 3 rings (SSSR count). The summed E-state index contributed by atoms with van der Waals surface area (Å²) in [5, 5.41) is 6.42. The summed E-state index contributed by atoms with van der Waals surface area (Å²) < 4.78 is 2.16. The first-order valence-electron chi connectivity index (χ1n) is 9.73. The summed E-state index contributed by atoms with van der Waals surface area (Å²) >= 11 is 0. The molecule has 0 spiro atoms. The summed E-state index contributed by atoms with van der Waals surface area (Å²) in [5.74, 6) is 1.41. The SMILES string of the molecule is CC(C)CC(=O)Nc1cccc(CNCc2nccn2Cc2ccccc2)c1. The Balaban J connectivity index is 1.52. The van der Waals surface area contributed by atoms with E-state index in [1.54, 1.807) is 0 Å². The molecule has 3 aromatic rings. The summed E-state index contributed by atoms with van der Waals surface area (Å²) in [4.78, 5) is 16.4. The monoisotopic (exact) mass is 376 g/mol. The minimum atomic E-state index is 0.0584. The van der Waals surface area contributed by atoms with Gasteiger partial charge in [-0.2, -0.15) is 0 Å². The Morgan fingerprint density at radius 1 is 1.04 bits per heavy atom. The molecule has 0 saturated heterocycles. The number of benzene rings is 2. The van der Waals surface area contributed by atoms with Crippen LogP contribution in [-0.4, -0.2) is 15.5 Å². The van der Waals surface area contributed by atoms with Gasteiger partial charge in [0.25, 0.3) is 0 Å². The predicted octanol–water partition coefficient (Wildman–Crippen LogP) is 4.21. The zero-order valence-electron chi connectivity index (χ0n) is 16.6. The van der Waals surface area contributed by atoms with Gasteiger partial charge < -0.3 is 15.2 Å². The van der Waals surface area contributed by atoms with Crippen molar-refractivity contribution in [1.29, 1.82) is 0 Å². The second-order valence-electron chi connectivity index (χ2n) is 7.41. The third-order valence-electron chi connectivity index (χ3n) is 4.41. The minimum absolute atomic E-state index is 0.0584. The van der Waals surface area contributed by atoms with Gasteiger partial charge in [-0.1, -0.05) is 56.3 Å².